The van der Waals surface area contributed by atoms with Crippen LogP contribution in [-0.2, 0) is 6.54 Å². The van der Waals surface area contributed by atoms with Crippen LogP contribution in [-0.4, -0.2) is 11.1 Å². The molecular weight excluding hydrogens is 302 g/mol. The van der Waals surface area contributed by atoms with Crippen LogP contribution in [0, 0.1) is 5.92 Å². The fraction of sp³-hybridized carbons (Fsp3) is 0.625. The molecule has 2 N–H and O–H groups in total. The SMILES string of the molecule is CCC(NCc1cccc(Br)c1O)C1CCCCC1. The summed E-state index contributed by atoms with van der Waals surface area (Å²) in [5, 5.41) is 13.6. The highest BCUT2D eigenvalue weighted by atomic mass is 79.9. The molecule has 0 amide bonds. The maximum Gasteiger partial charge on any atom is 0.134 e. The summed E-state index contributed by atoms with van der Waals surface area (Å²) in [4.78, 5) is 0. The Morgan fingerprint density at radius 3 is 2.74 bits per heavy atom. The smallest absolute Gasteiger partial charge is 0.134 e. The third-order valence-electron chi connectivity index (χ3n) is 4.28. The summed E-state index contributed by atoms with van der Waals surface area (Å²) in [6.07, 6.45) is 8.04. The van der Waals surface area contributed by atoms with E-state index in [0.29, 0.717) is 11.8 Å². The number of benzene rings is 1. The van der Waals surface area contributed by atoms with Gasteiger partial charge in [-0.3, -0.25) is 0 Å². The standard InChI is InChI=1S/C16H24BrNO/c1-2-15(12-7-4-3-5-8-12)18-11-13-9-6-10-14(17)16(13)19/h6,9-10,12,15,18-19H,2-5,7-8,11H2,1H3. The van der Waals surface area contributed by atoms with Crippen molar-refractivity contribution in [2.75, 3.05) is 0 Å². The van der Waals surface area contributed by atoms with Crippen molar-refractivity contribution in [2.24, 2.45) is 5.92 Å². The van der Waals surface area contributed by atoms with E-state index in [1.54, 1.807) is 0 Å². The third kappa shape index (κ3) is 3.96. The highest BCUT2D eigenvalue weighted by molar-refractivity contribution is 9.10. The molecule has 1 aromatic rings. The lowest BCUT2D eigenvalue weighted by atomic mass is 9.83. The molecule has 0 radical (unpaired) electrons. The second-order valence-electron chi connectivity index (χ2n) is 5.54. The summed E-state index contributed by atoms with van der Waals surface area (Å²) in [6, 6.07) is 6.42. The molecule has 0 aromatic heterocycles. The second kappa shape index (κ2) is 7.30. The number of hydrogen-bond acceptors (Lipinski definition) is 2. The Morgan fingerprint density at radius 1 is 1.32 bits per heavy atom. The van der Waals surface area contributed by atoms with Gasteiger partial charge in [0.05, 0.1) is 4.47 Å². The highest BCUT2D eigenvalue weighted by Crippen LogP contribution is 2.30. The van der Waals surface area contributed by atoms with Gasteiger partial charge in [-0.1, -0.05) is 38.3 Å². The fourth-order valence-corrected chi connectivity index (χ4v) is 3.53. The number of halogens is 1. The molecular formula is C16H24BrNO. The van der Waals surface area contributed by atoms with Crippen molar-refractivity contribution in [3.8, 4) is 5.75 Å². The zero-order chi connectivity index (χ0) is 13.7. The first-order valence-electron chi connectivity index (χ1n) is 7.42. The van der Waals surface area contributed by atoms with Gasteiger partial charge >= 0.3 is 0 Å². The predicted molar refractivity (Wildman–Crippen MR) is 83.3 cm³/mol. The third-order valence-corrected chi connectivity index (χ3v) is 4.92. The average Bonchev–Trinajstić information content (AvgIpc) is 2.45. The Labute approximate surface area is 124 Å². The summed E-state index contributed by atoms with van der Waals surface area (Å²) < 4.78 is 0.775. The monoisotopic (exact) mass is 325 g/mol. The topological polar surface area (TPSA) is 32.3 Å². The molecule has 0 heterocycles. The van der Waals surface area contributed by atoms with Crippen LogP contribution in [0.25, 0.3) is 0 Å². The number of hydrogen-bond donors (Lipinski definition) is 2. The number of aromatic hydroxyl groups is 1. The van der Waals surface area contributed by atoms with E-state index >= 15 is 0 Å². The van der Waals surface area contributed by atoms with E-state index in [0.717, 1.165) is 22.5 Å². The van der Waals surface area contributed by atoms with Crippen molar-refractivity contribution in [2.45, 2.75) is 58.0 Å². The van der Waals surface area contributed by atoms with E-state index < -0.39 is 0 Å². The Morgan fingerprint density at radius 2 is 2.05 bits per heavy atom. The van der Waals surface area contributed by atoms with Gasteiger partial charge < -0.3 is 10.4 Å². The first-order chi connectivity index (χ1) is 9.22. The van der Waals surface area contributed by atoms with E-state index in [9.17, 15) is 5.11 Å². The van der Waals surface area contributed by atoms with Gasteiger partial charge in [0.1, 0.15) is 5.75 Å². The van der Waals surface area contributed by atoms with Crippen LogP contribution in [0.15, 0.2) is 22.7 Å². The molecule has 0 bridgehead atoms. The molecule has 1 atom stereocenters. The molecule has 1 aromatic carbocycles. The molecule has 1 aliphatic carbocycles. The number of phenols is 1. The van der Waals surface area contributed by atoms with Crippen LogP contribution in [0.5, 0.6) is 5.75 Å². The molecule has 2 nitrogen and oxygen atoms in total. The van der Waals surface area contributed by atoms with Gasteiger partial charge in [0.2, 0.25) is 0 Å². The average molecular weight is 326 g/mol. The molecule has 1 unspecified atom stereocenters. The second-order valence-corrected chi connectivity index (χ2v) is 6.40. The lowest BCUT2D eigenvalue weighted by Gasteiger charge is -2.30. The van der Waals surface area contributed by atoms with E-state index in [4.69, 9.17) is 0 Å². The van der Waals surface area contributed by atoms with Crippen LogP contribution in [0.2, 0.25) is 0 Å². The summed E-state index contributed by atoms with van der Waals surface area (Å²) in [5.74, 6) is 1.18. The van der Waals surface area contributed by atoms with Crippen molar-refractivity contribution < 1.29 is 5.11 Å². The predicted octanol–water partition coefficient (Wildman–Crippen LogP) is 4.60. The quantitative estimate of drug-likeness (QED) is 0.828. The van der Waals surface area contributed by atoms with E-state index in [1.807, 2.05) is 18.2 Å². The molecule has 3 heteroatoms. The summed E-state index contributed by atoms with van der Waals surface area (Å²) in [6.45, 7) is 3.01. The van der Waals surface area contributed by atoms with Gasteiger partial charge in [-0.25, -0.2) is 0 Å². The minimum absolute atomic E-state index is 0.369. The lowest BCUT2D eigenvalue weighted by molar-refractivity contribution is 0.261. The van der Waals surface area contributed by atoms with Crippen molar-refractivity contribution in [1.29, 1.82) is 0 Å². The minimum Gasteiger partial charge on any atom is -0.506 e. The number of para-hydroxylation sites is 1. The molecule has 2 rings (SSSR count). The number of rotatable bonds is 5. The Kier molecular flexibility index (Phi) is 5.71. The molecule has 1 fully saturated rings. The van der Waals surface area contributed by atoms with Gasteiger partial charge in [0.15, 0.2) is 0 Å². The number of nitrogens with one attached hydrogen (secondary N) is 1. The summed E-state index contributed by atoms with van der Waals surface area (Å²) >= 11 is 3.37. The van der Waals surface area contributed by atoms with Crippen LogP contribution in [0.3, 0.4) is 0 Å². The first kappa shape index (κ1) is 14.9. The van der Waals surface area contributed by atoms with Gasteiger partial charge in [-0.15, -0.1) is 0 Å². The Balaban J connectivity index is 1.93. The molecule has 0 spiro atoms. The maximum atomic E-state index is 10.0. The zero-order valence-electron chi connectivity index (χ0n) is 11.7. The lowest BCUT2D eigenvalue weighted by Crippen LogP contribution is -2.36. The fourth-order valence-electron chi connectivity index (χ4n) is 3.12. The van der Waals surface area contributed by atoms with Crippen molar-refractivity contribution >= 4 is 15.9 Å². The van der Waals surface area contributed by atoms with Crippen molar-refractivity contribution in [1.82, 2.24) is 5.32 Å². The Hall–Kier alpha value is -0.540. The molecule has 19 heavy (non-hydrogen) atoms. The van der Waals surface area contributed by atoms with E-state index in [2.05, 4.69) is 28.2 Å². The molecule has 106 valence electrons. The van der Waals surface area contributed by atoms with Gasteiger partial charge in [0, 0.05) is 18.2 Å². The Bertz CT molecular complexity index is 402. The van der Waals surface area contributed by atoms with E-state index in [-0.39, 0.29) is 0 Å². The van der Waals surface area contributed by atoms with Gasteiger partial charge in [-0.05, 0) is 47.2 Å². The van der Waals surface area contributed by atoms with Crippen molar-refractivity contribution in [3.63, 3.8) is 0 Å². The van der Waals surface area contributed by atoms with Crippen molar-refractivity contribution in [3.05, 3.63) is 28.2 Å². The zero-order valence-corrected chi connectivity index (χ0v) is 13.2. The largest absolute Gasteiger partial charge is 0.506 e. The molecule has 1 saturated carbocycles. The van der Waals surface area contributed by atoms with Crippen LogP contribution >= 0.6 is 15.9 Å². The van der Waals surface area contributed by atoms with Crippen LogP contribution < -0.4 is 5.32 Å². The van der Waals surface area contributed by atoms with Gasteiger partial charge in [-0.2, -0.15) is 0 Å². The molecule has 0 aliphatic heterocycles. The maximum absolute atomic E-state index is 10.0. The van der Waals surface area contributed by atoms with E-state index in [1.165, 1.54) is 38.5 Å². The molecule has 0 saturated heterocycles. The summed E-state index contributed by atoms with van der Waals surface area (Å²) in [5.41, 5.74) is 0.976. The minimum atomic E-state index is 0.369. The molecule has 1 aliphatic rings. The van der Waals surface area contributed by atoms with Crippen LogP contribution in [0.4, 0.5) is 0 Å². The first-order valence-corrected chi connectivity index (χ1v) is 8.21. The highest BCUT2D eigenvalue weighted by Gasteiger charge is 2.22. The number of phenolic OH excluding ortho intramolecular Hbond substituents is 1. The summed E-state index contributed by atoms with van der Waals surface area (Å²) in [7, 11) is 0. The van der Waals surface area contributed by atoms with Crippen LogP contribution in [0.1, 0.15) is 51.0 Å². The van der Waals surface area contributed by atoms with Gasteiger partial charge in [0.25, 0.3) is 0 Å². The normalized spacial score (nSPS) is 18.4.